The van der Waals surface area contributed by atoms with Crippen LogP contribution in [0.2, 0.25) is 0 Å². The molecule has 0 amide bonds. The lowest BCUT2D eigenvalue weighted by atomic mass is 10.0. The number of carbonyl (C=O) groups excluding carboxylic acids is 1. The molecule has 0 saturated heterocycles. The molecule has 0 fully saturated rings. The summed E-state index contributed by atoms with van der Waals surface area (Å²) in [5, 5.41) is 0. The number of methoxy groups -OCH3 is 2. The number of Topliss-reactive ketones (excluding diaryl/α,β-unsaturated/α-hetero) is 1. The minimum absolute atomic E-state index is 0.0211. The molecule has 0 unspecified atom stereocenters. The van der Waals surface area contributed by atoms with Crippen molar-refractivity contribution in [3.63, 3.8) is 0 Å². The zero-order chi connectivity index (χ0) is 15.2. The van der Waals surface area contributed by atoms with Gasteiger partial charge in [0, 0.05) is 12.8 Å². The number of ether oxygens (including phenoxy) is 2. The van der Waals surface area contributed by atoms with Crippen molar-refractivity contribution in [3.8, 4) is 11.5 Å². The van der Waals surface area contributed by atoms with Gasteiger partial charge in [-0.05, 0) is 35.4 Å². The summed E-state index contributed by atoms with van der Waals surface area (Å²) in [6.07, 6.45) is 0.489. The lowest BCUT2D eigenvalue weighted by Crippen LogP contribution is -2.07. The zero-order valence-electron chi connectivity index (χ0n) is 12.1. The SMILES string of the molecule is COc1ccc(CC(=O)Cc2cccc(F)c2)cc1OC. The van der Waals surface area contributed by atoms with Crippen LogP contribution in [0.5, 0.6) is 11.5 Å². The van der Waals surface area contributed by atoms with Crippen LogP contribution in [0.25, 0.3) is 0 Å². The molecular weight excluding hydrogens is 271 g/mol. The quantitative estimate of drug-likeness (QED) is 0.819. The lowest BCUT2D eigenvalue weighted by Gasteiger charge is -2.09. The van der Waals surface area contributed by atoms with Crippen LogP contribution in [0.3, 0.4) is 0 Å². The Morgan fingerprint density at radius 3 is 2.24 bits per heavy atom. The van der Waals surface area contributed by atoms with Gasteiger partial charge < -0.3 is 9.47 Å². The molecule has 21 heavy (non-hydrogen) atoms. The number of ketones is 1. The molecule has 0 aliphatic heterocycles. The fourth-order valence-electron chi connectivity index (χ4n) is 2.16. The van der Waals surface area contributed by atoms with Gasteiger partial charge in [-0.15, -0.1) is 0 Å². The van der Waals surface area contributed by atoms with Gasteiger partial charge in [-0.3, -0.25) is 4.79 Å². The van der Waals surface area contributed by atoms with Crippen LogP contribution in [0.1, 0.15) is 11.1 Å². The second-order valence-electron chi connectivity index (χ2n) is 4.71. The summed E-state index contributed by atoms with van der Waals surface area (Å²) >= 11 is 0. The fourth-order valence-corrected chi connectivity index (χ4v) is 2.16. The van der Waals surface area contributed by atoms with Gasteiger partial charge >= 0.3 is 0 Å². The predicted octanol–water partition coefficient (Wildman–Crippen LogP) is 3.20. The third kappa shape index (κ3) is 4.05. The van der Waals surface area contributed by atoms with E-state index in [9.17, 15) is 9.18 Å². The van der Waals surface area contributed by atoms with E-state index < -0.39 is 0 Å². The summed E-state index contributed by atoms with van der Waals surface area (Å²) < 4.78 is 23.4. The van der Waals surface area contributed by atoms with Gasteiger partial charge in [-0.25, -0.2) is 4.39 Å². The Bertz CT molecular complexity index is 638. The maximum Gasteiger partial charge on any atom is 0.161 e. The first-order chi connectivity index (χ1) is 10.1. The zero-order valence-corrected chi connectivity index (χ0v) is 12.1. The van der Waals surface area contributed by atoms with Gasteiger partial charge in [0.1, 0.15) is 11.6 Å². The van der Waals surface area contributed by atoms with Crippen LogP contribution < -0.4 is 9.47 Å². The lowest BCUT2D eigenvalue weighted by molar-refractivity contribution is -0.117. The topological polar surface area (TPSA) is 35.5 Å². The van der Waals surface area contributed by atoms with E-state index in [0.717, 1.165) is 5.56 Å². The summed E-state index contributed by atoms with van der Waals surface area (Å²) in [4.78, 5) is 12.1. The normalized spacial score (nSPS) is 10.2. The molecule has 0 atom stereocenters. The van der Waals surface area contributed by atoms with Gasteiger partial charge in [0.25, 0.3) is 0 Å². The van der Waals surface area contributed by atoms with Gasteiger partial charge in [-0.2, -0.15) is 0 Å². The summed E-state index contributed by atoms with van der Waals surface area (Å²) in [7, 11) is 3.11. The van der Waals surface area contributed by atoms with Crippen molar-refractivity contribution in [2.24, 2.45) is 0 Å². The molecule has 0 spiro atoms. The van der Waals surface area contributed by atoms with Gasteiger partial charge in [-0.1, -0.05) is 18.2 Å². The Morgan fingerprint density at radius 1 is 0.952 bits per heavy atom. The summed E-state index contributed by atoms with van der Waals surface area (Å²) in [6.45, 7) is 0. The largest absolute Gasteiger partial charge is 0.493 e. The van der Waals surface area contributed by atoms with Crippen LogP contribution in [-0.2, 0) is 17.6 Å². The summed E-state index contributed by atoms with van der Waals surface area (Å²) in [5.74, 6) is 0.909. The van der Waals surface area contributed by atoms with E-state index in [-0.39, 0.29) is 24.4 Å². The van der Waals surface area contributed by atoms with Crippen molar-refractivity contribution >= 4 is 5.78 Å². The van der Waals surface area contributed by atoms with Crippen molar-refractivity contribution in [1.82, 2.24) is 0 Å². The van der Waals surface area contributed by atoms with E-state index in [0.29, 0.717) is 17.1 Å². The average molecular weight is 288 g/mol. The number of hydrogen-bond donors (Lipinski definition) is 0. The van der Waals surface area contributed by atoms with E-state index in [4.69, 9.17) is 9.47 Å². The van der Waals surface area contributed by atoms with E-state index in [1.54, 1.807) is 38.5 Å². The highest BCUT2D eigenvalue weighted by Crippen LogP contribution is 2.27. The molecule has 0 aliphatic rings. The first-order valence-electron chi connectivity index (χ1n) is 6.59. The molecule has 2 aromatic carbocycles. The Balaban J connectivity index is 2.06. The number of benzene rings is 2. The molecule has 0 N–H and O–H groups in total. The Hall–Kier alpha value is -2.36. The second-order valence-corrected chi connectivity index (χ2v) is 4.71. The Kier molecular flexibility index (Phi) is 4.93. The minimum Gasteiger partial charge on any atom is -0.493 e. The smallest absolute Gasteiger partial charge is 0.161 e. The number of halogens is 1. The van der Waals surface area contributed by atoms with E-state index in [1.165, 1.54) is 12.1 Å². The molecule has 0 bridgehead atoms. The van der Waals surface area contributed by atoms with Crippen molar-refractivity contribution < 1.29 is 18.7 Å². The molecular formula is C17H17FO3. The van der Waals surface area contributed by atoms with Gasteiger partial charge in [0.05, 0.1) is 14.2 Å². The Labute approximate surface area is 123 Å². The second kappa shape index (κ2) is 6.88. The molecule has 2 aromatic rings. The summed E-state index contributed by atoms with van der Waals surface area (Å²) in [5.41, 5.74) is 1.52. The Morgan fingerprint density at radius 2 is 1.62 bits per heavy atom. The highest BCUT2D eigenvalue weighted by atomic mass is 19.1. The first-order valence-corrected chi connectivity index (χ1v) is 6.59. The molecule has 0 aliphatic carbocycles. The van der Waals surface area contributed by atoms with Crippen molar-refractivity contribution in [3.05, 3.63) is 59.4 Å². The highest BCUT2D eigenvalue weighted by molar-refractivity contribution is 5.83. The number of carbonyl (C=O) groups is 1. The first kappa shape index (κ1) is 15.0. The number of rotatable bonds is 6. The van der Waals surface area contributed by atoms with E-state index in [1.807, 2.05) is 6.07 Å². The molecule has 110 valence electrons. The standard InChI is InChI=1S/C17H17FO3/c1-20-16-7-6-13(11-17(16)21-2)10-15(19)9-12-4-3-5-14(18)8-12/h3-8,11H,9-10H2,1-2H3. The van der Waals surface area contributed by atoms with Crippen LogP contribution in [-0.4, -0.2) is 20.0 Å². The fraction of sp³-hybridized carbons (Fsp3) is 0.235. The van der Waals surface area contributed by atoms with Gasteiger partial charge in [0.2, 0.25) is 0 Å². The molecule has 4 heteroatoms. The molecule has 0 aromatic heterocycles. The van der Waals surface area contributed by atoms with Crippen LogP contribution in [0.4, 0.5) is 4.39 Å². The van der Waals surface area contributed by atoms with Crippen LogP contribution >= 0.6 is 0 Å². The third-order valence-corrected chi connectivity index (χ3v) is 3.14. The predicted molar refractivity (Wildman–Crippen MR) is 78.4 cm³/mol. The molecule has 0 saturated carbocycles. The third-order valence-electron chi connectivity index (χ3n) is 3.14. The van der Waals surface area contributed by atoms with E-state index >= 15 is 0 Å². The van der Waals surface area contributed by atoms with Crippen molar-refractivity contribution in [1.29, 1.82) is 0 Å². The average Bonchev–Trinajstić information content (AvgIpc) is 2.47. The summed E-state index contributed by atoms with van der Waals surface area (Å²) in [6, 6.07) is 11.5. The van der Waals surface area contributed by atoms with Crippen molar-refractivity contribution in [2.75, 3.05) is 14.2 Å². The van der Waals surface area contributed by atoms with Crippen LogP contribution in [0.15, 0.2) is 42.5 Å². The van der Waals surface area contributed by atoms with Crippen LogP contribution in [0, 0.1) is 5.82 Å². The molecule has 2 rings (SSSR count). The minimum atomic E-state index is -0.327. The monoisotopic (exact) mass is 288 g/mol. The van der Waals surface area contributed by atoms with Crippen molar-refractivity contribution in [2.45, 2.75) is 12.8 Å². The molecule has 0 heterocycles. The maximum atomic E-state index is 13.1. The number of hydrogen-bond acceptors (Lipinski definition) is 3. The maximum absolute atomic E-state index is 13.1. The molecule has 3 nitrogen and oxygen atoms in total. The highest BCUT2D eigenvalue weighted by Gasteiger charge is 2.09. The van der Waals surface area contributed by atoms with E-state index in [2.05, 4.69) is 0 Å². The molecule has 0 radical (unpaired) electrons. The van der Waals surface area contributed by atoms with Gasteiger partial charge in [0.15, 0.2) is 11.5 Å².